The number of aliphatic hydroxyl groups is 2. The molecule has 0 aromatic rings. The lowest BCUT2D eigenvalue weighted by atomic mass is 10.0. The molecule has 0 aromatic heterocycles. The molecule has 0 radical (unpaired) electrons. The van der Waals surface area contributed by atoms with Crippen LogP contribution in [0.5, 0.6) is 0 Å². The topological polar surface area (TPSA) is 212 Å². The average molecular weight is 826 g/mol. The number of phosphoric ester groups is 1. The summed E-state index contributed by atoms with van der Waals surface area (Å²) in [6.45, 7) is 2.39. The van der Waals surface area contributed by atoms with Gasteiger partial charge in [0, 0.05) is 12.8 Å². The summed E-state index contributed by atoms with van der Waals surface area (Å²) in [5.74, 6) is -2.60. The molecule has 0 amide bonds. The third-order valence-corrected chi connectivity index (χ3v) is 9.34. The first kappa shape index (κ1) is 53.8. The molecule has 14 heteroatoms. The normalized spacial score (nSPS) is 15.6. The van der Waals surface area contributed by atoms with E-state index in [-0.39, 0.29) is 12.8 Å². The lowest BCUT2D eigenvalue weighted by Crippen LogP contribution is -2.34. The number of carbonyl (C=O) groups excluding carboxylic acids is 2. The summed E-state index contributed by atoms with van der Waals surface area (Å²) >= 11 is 0. The maximum Gasteiger partial charge on any atom is 0.472 e. The highest BCUT2D eigenvalue weighted by molar-refractivity contribution is 7.47. The largest absolute Gasteiger partial charge is 0.480 e. The van der Waals surface area contributed by atoms with Crippen molar-refractivity contribution in [3.05, 3.63) is 72.9 Å². The molecule has 0 aromatic carbocycles. The molecule has 6 N–H and O–H groups in total. The number of nitrogens with two attached hydrogens (primary N) is 1. The highest BCUT2D eigenvalue weighted by atomic mass is 31.2. The second kappa shape index (κ2) is 37.1. The summed E-state index contributed by atoms with van der Waals surface area (Å²) in [5, 5.41) is 28.9. The van der Waals surface area contributed by atoms with Gasteiger partial charge in [0.1, 0.15) is 12.6 Å². The van der Waals surface area contributed by atoms with Gasteiger partial charge in [-0.2, -0.15) is 0 Å². The van der Waals surface area contributed by atoms with Gasteiger partial charge in [0.2, 0.25) is 0 Å². The Bertz CT molecular complexity index is 1280. The molecule has 5 atom stereocenters. The van der Waals surface area contributed by atoms with E-state index in [1.165, 1.54) is 51.4 Å². The highest BCUT2D eigenvalue weighted by Gasteiger charge is 2.28. The monoisotopic (exact) mass is 825 g/mol. The fourth-order valence-corrected chi connectivity index (χ4v) is 5.88. The Hall–Kier alpha value is -3.16. The number of aliphatic hydroxyl groups excluding tert-OH is 2. The van der Waals surface area contributed by atoms with E-state index in [1.54, 1.807) is 30.4 Å². The molecular weight excluding hydrogens is 753 g/mol. The van der Waals surface area contributed by atoms with E-state index in [0.29, 0.717) is 32.1 Å². The summed E-state index contributed by atoms with van der Waals surface area (Å²) < 4.78 is 32.5. The van der Waals surface area contributed by atoms with Crippen LogP contribution in [-0.2, 0) is 37.5 Å². The van der Waals surface area contributed by atoms with Gasteiger partial charge in [-0.05, 0) is 38.5 Å². The highest BCUT2D eigenvalue weighted by Crippen LogP contribution is 2.43. The molecule has 0 aliphatic rings. The van der Waals surface area contributed by atoms with E-state index in [9.17, 15) is 34.1 Å². The molecule has 13 nitrogen and oxygen atoms in total. The Kier molecular flexibility index (Phi) is 35.1. The summed E-state index contributed by atoms with van der Waals surface area (Å²) in [5.41, 5.74) is 5.31. The SMILES string of the molecule is CC/C=C\C[C@H](O)/C=C/C=C\C/C=C\C=C\[C@H](O)/C=C\CCCC(=O)O[C@H](COC(=O)CCCCCCCCCCCCCC)COP(=O)(O)OC[C@H](N)C(=O)O. The van der Waals surface area contributed by atoms with E-state index in [4.69, 9.17) is 24.8 Å². The van der Waals surface area contributed by atoms with E-state index in [2.05, 4.69) is 11.4 Å². The van der Waals surface area contributed by atoms with E-state index < -0.39 is 69.9 Å². The summed E-state index contributed by atoms with van der Waals surface area (Å²) in [4.78, 5) is 45.8. The maximum atomic E-state index is 12.6. The molecule has 0 rings (SSSR count). The lowest BCUT2D eigenvalue weighted by molar-refractivity contribution is -0.161. The van der Waals surface area contributed by atoms with Gasteiger partial charge in [0.15, 0.2) is 6.10 Å². The minimum absolute atomic E-state index is 0.0271. The minimum Gasteiger partial charge on any atom is -0.480 e. The van der Waals surface area contributed by atoms with Crippen LogP contribution in [0.2, 0.25) is 0 Å². The first-order valence-corrected chi connectivity index (χ1v) is 22.2. The van der Waals surface area contributed by atoms with Crippen LogP contribution >= 0.6 is 7.82 Å². The Morgan fingerprint density at radius 2 is 1.25 bits per heavy atom. The van der Waals surface area contributed by atoms with Crippen molar-refractivity contribution in [2.24, 2.45) is 5.73 Å². The van der Waals surface area contributed by atoms with Crippen molar-refractivity contribution in [2.45, 2.75) is 160 Å². The zero-order chi connectivity index (χ0) is 42.4. The molecular formula is C43H72NO12P. The molecule has 0 heterocycles. The second-order valence-electron chi connectivity index (χ2n) is 13.8. The number of ether oxygens (including phenoxy) is 2. The van der Waals surface area contributed by atoms with Gasteiger partial charge >= 0.3 is 25.7 Å². The van der Waals surface area contributed by atoms with Crippen LogP contribution < -0.4 is 5.73 Å². The van der Waals surface area contributed by atoms with Crippen LogP contribution in [0.25, 0.3) is 0 Å². The molecule has 0 aliphatic carbocycles. The Balaban J connectivity index is 4.67. The third kappa shape index (κ3) is 36.9. The molecule has 0 bridgehead atoms. The van der Waals surface area contributed by atoms with Crippen molar-refractivity contribution < 1.29 is 57.7 Å². The molecule has 0 fully saturated rings. The number of hydrogen-bond acceptors (Lipinski definition) is 11. The number of phosphoric acid groups is 1. The number of esters is 2. The number of rotatable bonds is 37. The third-order valence-electron chi connectivity index (χ3n) is 8.39. The first-order valence-electron chi connectivity index (χ1n) is 20.7. The van der Waals surface area contributed by atoms with E-state index in [1.807, 2.05) is 49.5 Å². The lowest BCUT2D eigenvalue weighted by Gasteiger charge is -2.20. The molecule has 0 saturated carbocycles. The van der Waals surface area contributed by atoms with Crippen LogP contribution in [0.1, 0.15) is 136 Å². The zero-order valence-electron chi connectivity index (χ0n) is 34.4. The number of carboxylic acids is 1. The predicted octanol–water partition coefficient (Wildman–Crippen LogP) is 8.50. The Morgan fingerprint density at radius 3 is 1.86 bits per heavy atom. The van der Waals surface area contributed by atoms with Crippen molar-refractivity contribution in [1.82, 2.24) is 0 Å². The van der Waals surface area contributed by atoms with Crippen molar-refractivity contribution in [2.75, 3.05) is 19.8 Å². The fraction of sp³-hybridized carbons (Fsp3) is 0.651. The average Bonchev–Trinajstić information content (AvgIpc) is 3.17. The van der Waals surface area contributed by atoms with Gasteiger partial charge in [0.25, 0.3) is 0 Å². The van der Waals surface area contributed by atoms with Crippen LogP contribution in [0.3, 0.4) is 0 Å². The number of carboxylic acid groups (broad SMARTS) is 1. The smallest absolute Gasteiger partial charge is 0.472 e. The molecule has 326 valence electrons. The van der Waals surface area contributed by atoms with Crippen molar-refractivity contribution >= 4 is 25.7 Å². The molecule has 0 aliphatic heterocycles. The summed E-state index contributed by atoms with van der Waals surface area (Å²) in [7, 11) is -4.77. The van der Waals surface area contributed by atoms with E-state index in [0.717, 1.165) is 25.7 Å². The van der Waals surface area contributed by atoms with Gasteiger partial charge in [0.05, 0.1) is 25.4 Å². The van der Waals surface area contributed by atoms with Gasteiger partial charge in [-0.3, -0.25) is 23.4 Å². The van der Waals surface area contributed by atoms with Gasteiger partial charge in [-0.15, -0.1) is 0 Å². The predicted molar refractivity (Wildman–Crippen MR) is 224 cm³/mol. The van der Waals surface area contributed by atoms with Crippen LogP contribution in [0.15, 0.2) is 72.9 Å². The Morgan fingerprint density at radius 1 is 0.667 bits per heavy atom. The van der Waals surface area contributed by atoms with Gasteiger partial charge < -0.3 is 35.4 Å². The number of allylic oxidation sites excluding steroid dienone is 8. The second-order valence-corrected chi connectivity index (χ2v) is 15.2. The van der Waals surface area contributed by atoms with Gasteiger partial charge in [-0.1, -0.05) is 157 Å². The van der Waals surface area contributed by atoms with Crippen molar-refractivity contribution in [3.8, 4) is 0 Å². The molecule has 0 spiro atoms. The number of aliphatic carboxylic acids is 1. The van der Waals surface area contributed by atoms with Crippen molar-refractivity contribution in [3.63, 3.8) is 0 Å². The molecule has 0 saturated heterocycles. The van der Waals surface area contributed by atoms with E-state index >= 15 is 0 Å². The Labute approximate surface area is 341 Å². The first-order chi connectivity index (χ1) is 27.4. The van der Waals surface area contributed by atoms with Gasteiger partial charge in [-0.25, -0.2) is 4.57 Å². The van der Waals surface area contributed by atoms with Crippen LogP contribution in [0.4, 0.5) is 0 Å². The summed E-state index contributed by atoms with van der Waals surface area (Å²) in [6.07, 6.45) is 36.2. The molecule has 1 unspecified atom stereocenters. The van der Waals surface area contributed by atoms with Crippen LogP contribution in [-0.4, -0.2) is 82.3 Å². The quantitative estimate of drug-likeness (QED) is 0.0131. The van der Waals surface area contributed by atoms with Crippen molar-refractivity contribution in [1.29, 1.82) is 0 Å². The zero-order valence-corrected chi connectivity index (χ0v) is 35.3. The van der Waals surface area contributed by atoms with Crippen LogP contribution in [0, 0.1) is 0 Å². The number of carbonyl (C=O) groups is 3. The number of hydrogen-bond donors (Lipinski definition) is 5. The summed E-state index contributed by atoms with van der Waals surface area (Å²) in [6, 6.07) is -1.56. The number of unbranched alkanes of at least 4 members (excludes halogenated alkanes) is 12. The maximum absolute atomic E-state index is 12.6. The minimum atomic E-state index is -4.77. The molecule has 57 heavy (non-hydrogen) atoms. The standard InChI is InChI=1S/C43H72NO12P/c1-3-5-7-8-9-10-11-12-13-17-20-26-32-41(47)53-34-39(35-54-57(51,52)55-36-40(44)43(49)50)56-42(48)33-27-21-25-31-38(46)30-24-19-16-14-15-18-23-29-37(45)28-22-6-4-2/h6,15-16,18-19,22-25,29-31,37-40,45-46H,3-5,7-14,17,20-21,26-28,32-36,44H2,1-2H3,(H,49,50)(H,51,52)/b18-15-,19-16-,22-6-,29-23+,30-24+,31-25-/t37-,38-,39+,40-/m0/s1. The fourth-order valence-electron chi connectivity index (χ4n) is 5.10.